The highest BCUT2D eigenvalue weighted by Crippen LogP contribution is 2.51. The Labute approximate surface area is 253 Å². The summed E-state index contributed by atoms with van der Waals surface area (Å²) in [5.41, 5.74) is 3.64. The van der Waals surface area contributed by atoms with Crippen LogP contribution in [0, 0.1) is 0 Å². The van der Waals surface area contributed by atoms with Gasteiger partial charge in [0, 0.05) is 22.3 Å². The Kier molecular flexibility index (Phi) is 14.2. The van der Waals surface area contributed by atoms with Crippen molar-refractivity contribution in [3.05, 3.63) is 48.5 Å². The molecule has 0 aliphatic rings. The van der Waals surface area contributed by atoms with Gasteiger partial charge >= 0.3 is 0 Å². The van der Waals surface area contributed by atoms with Gasteiger partial charge in [0.15, 0.2) is 34.5 Å². The van der Waals surface area contributed by atoms with Gasteiger partial charge in [-0.25, -0.2) is 0 Å². The third kappa shape index (κ3) is 8.50. The molecule has 3 aromatic carbocycles. The van der Waals surface area contributed by atoms with Crippen molar-refractivity contribution >= 4 is 0 Å². The van der Waals surface area contributed by atoms with Crippen LogP contribution in [0.3, 0.4) is 0 Å². The van der Waals surface area contributed by atoms with Gasteiger partial charge in [-0.15, -0.1) is 0 Å². The lowest BCUT2D eigenvalue weighted by Gasteiger charge is -2.23. The van der Waals surface area contributed by atoms with E-state index in [-0.39, 0.29) is 0 Å². The molecule has 0 spiro atoms. The second-order valence-electron chi connectivity index (χ2n) is 10.2. The lowest BCUT2D eigenvalue weighted by atomic mass is 9.96. The summed E-state index contributed by atoms with van der Waals surface area (Å²) < 4.78 is 38.0. The Bertz CT molecular complexity index is 1130. The average molecular weight is 579 g/mol. The van der Waals surface area contributed by atoms with Crippen LogP contribution in [-0.2, 0) is 0 Å². The molecule has 6 nitrogen and oxygen atoms in total. The number of benzene rings is 3. The summed E-state index contributed by atoms with van der Waals surface area (Å²) in [7, 11) is 0. The summed E-state index contributed by atoms with van der Waals surface area (Å²) in [6, 6.07) is 16.3. The van der Waals surface area contributed by atoms with E-state index in [1.807, 2.05) is 24.3 Å². The molecule has 0 aromatic heterocycles. The zero-order chi connectivity index (χ0) is 30.2. The van der Waals surface area contributed by atoms with Crippen LogP contribution >= 0.6 is 0 Å². The van der Waals surface area contributed by atoms with Crippen LogP contribution in [-0.4, -0.2) is 39.6 Å². The molecule has 6 heteroatoms. The molecule has 0 bridgehead atoms. The zero-order valence-corrected chi connectivity index (χ0v) is 26.6. The smallest absolute Gasteiger partial charge is 0.169 e. The highest BCUT2D eigenvalue weighted by molar-refractivity contribution is 5.88. The van der Waals surface area contributed by atoms with Gasteiger partial charge in [0.2, 0.25) is 0 Å². The summed E-state index contributed by atoms with van der Waals surface area (Å²) in [5.74, 6) is 4.31. The number of hydrogen-bond acceptors (Lipinski definition) is 6. The van der Waals surface area contributed by atoms with E-state index in [0.29, 0.717) is 51.1 Å². The summed E-state index contributed by atoms with van der Waals surface area (Å²) in [6.45, 7) is 16.1. The van der Waals surface area contributed by atoms with Gasteiger partial charge in [0.05, 0.1) is 39.6 Å². The van der Waals surface area contributed by atoms with Crippen LogP contribution in [0.4, 0.5) is 0 Å². The van der Waals surface area contributed by atoms with Gasteiger partial charge < -0.3 is 28.4 Å². The molecule has 0 fully saturated rings. The molecule has 0 aliphatic heterocycles. The monoisotopic (exact) mass is 578 g/mol. The minimum atomic E-state index is 0.551. The van der Waals surface area contributed by atoms with E-state index in [1.165, 1.54) is 0 Å². The van der Waals surface area contributed by atoms with Crippen molar-refractivity contribution in [1.82, 2.24) is 0 Å². The van der Waals surface area contributed by atoms with E-state index in [1.54, 1.807) is 0 Å². The maximum atomic E-state index is 6.53. The SMILES string of the molecule is CCCOc1cccc(-c2ccc(-c3cccc(OCCC)c3OCCC)c(OCCC)c2OCCC)c1OCCC. The predicted molar refractivity (Wildman–Crippen MR) is 172 cm³/mol. The van der Waals surface area contributed by atoms with E-state index < -0.39 is 0 Å². The van der Waals surface area contributed by atoms with E-state index in [2.05, 4.69) is 65.8 Å². The first-order valence-electron chi connectivity index (χ1n) is 15.8. The second kappa shape index (κ2) is 18.1. The zero-order valence-electron chi connectivity index (χ0n) is 26.6. The average Bonchev–Trinajstić information content (AvgIpc) is 3.02. The quantitative estimate of drug-likeness (QED) is 0.133. The van der Waals surface area contributed by atoms with E-state index in [4.69, 9.17) is 28.4 Å². The lowest BCUT2D eigenvalue weighted by Crippen LogP contribution is -2.07. The molecule has 0 saturated carbocycles. The molecule has 0 atom stereocenters. The van der Waals surface area contributed by atoms with Crippen molar-refractivity contribution in [2.45, 2.75) is 80.1 Å². The molecule has 0 N–H and O–H groups in total. The minimum Gasteiger partial charge on any atom is -0.490 e. The molecular weight excluding hydrogens is 528 g/mol. The van der Waals surface area contributed by atoms with Crippen molar-refractivity contribution < 1.29 is 28.4 Å². The maximum Gasteiger partial charge on any atom is 0.169 e. The van der Waals surface area contributed by atoms with E-state index >= 15 is 0 Å². The van der Waals surface area contributed by atoms with Gasteiger partial charge in [-0.05, 0) is 62.8 Å². The van der Waals surface area contributed by atoms with Crippen molar-refractivity contribution in [2.75, 3.05) is 39.6 Å². The summed E-state index contributed by atoms with van der Waals surface area (Å²) in [6.07, 6.45) is 5.33. The Hall–Kier alpha value is -3.54. The highest BCUT2D eigenvalue weighted by Gasteiger charge is 2.25. The Morgan fingerprint density at radius 2 is 0.619 bits per heavy atom. The van der Waals surface area contributed by atoms with Crippen molar-refractivity contribution in [1.29, 1.82) is 0 Å². The molecule has 0 amide bonds. The third-order valence-electron chi connectivity index (χ3n) is 6.38. The highest BCUT2D eigenvalue weighted by atomic mass is 16.5. The first kappa shape index (κ1) is 33.0. The van der Waals surface area contributed by atoms with Crippen LogP contribution in [0.2, 0.25) is 0 Å². The van der Waals surface area contributed by atoms with Crippen LogP contribution in [0.15, 0.2) is 48.5 Å². The molecule has 0 unspecified atom stereocenters. The fraction of sp³-hybridized carbons (Fsp3) is 0.500. The van der Waals surface area contributed by atoms with Crippen LogP contribution in [0.25, 0.3) is 22.3 Å². The first-order valence-corrected chi connectivity index (χ1v) is 15.8. The Balaban J connectivity index is 2.30. The van der Waals surface area contributed by atoms with Gasteiger partial charge in [0.1, 0.15) is 0 Å². The molecule has 3 rings (SSSR count). The molecular formula is C36H50O6. The van der Waals surface area contributed by atoms with Gasteiger partial charge in [-0.3, -0.25) is 0 Å². The number of ether oxygens (including phenoxy) is 6. The maximum absolute atomic E-state index is 6.53. The molecule has 0 radical (unpaired) electrons. The fourth-order valence-electron chi connectivity index (χ4n) is 4.49. The number of para-hydroxylation sites is 2. The van der Waals surface area contributed by atoms with E-state index in [0.717, 1.165) is 83.8 Å². The number of hydrogen-bond donors (Lipinski definition) is 0. The molecule has 0 saturated heterocycles. The van der Waals surface area contributed by atoms with Crippen molar-refractivity contribution in [3.8, 4) is 56.8 Å². The minimum absolute atomic E-state index is 0.551. The van der Waals surface area contributed by atoms with Gasteiger partial charge in [-0.1, -0.05) is 65.8 Å². The third-order valence-corrected chi connectivity index (χ3v) is 6.38. The normalized spacial score (nSPS) is 10.8. The molecule has 0 aliphatic carbocycles. The largest absolute Gasteiger partial charge is 0.490 e. The molecule has 230 valence electrons. The lowest BCUT2D eigenvalue weighted by molar-refractivity contribution is 0.265. The number of rotatable bonds is 20. The molecule has 3 aromatic rings. The van der Waals surface area contributed by atoms with Crippen LogP contribution < -0.4 is 28.4 Å². The summed E-state index contributed by atoms with van der Waals surface area (Å²) in [5, 5.41) is 0. The molecule has 0 heterocycles. The van der Waals surface area contributed by atoms with Crippen LogP contribution in [0.5, 0.6) is 34.5 Å². The van der Waals surface area contributed by atoms with Gasteiger partial charge in [-0.2, -0.15) is 0 Å². The Morgan fingerprint density at radius 3 is 0.952 bits per heavy atom. The van der Waals surface area contributed by atoms with Crippen molar-refractivity contribution in [2.24, 2.45) is 0 Å². The Morgan fingerprint density at radius 1 is 0.333 bits per heavy atom. The van der Waals surface area contributed by atoms with E-state index in [9.17, 15) is 0 Å². The van der Waals surface area contributed by atoms with Gasteiger partial charge in [0.25, 0.3) is 0 Å². The predicted octanol–water partition coefficient (Wildman–Crippen LogP) is 9.75. The first-order chi connectivity index (χ1) is 20.6. The molecule has 42 heavy (non-hydrogen) atoms. The van der Waals surface area contributed by atoms with Crippen LogP contribution in [0.1, 0.15) is 80.1 Å². The van der Waals surface area contributed by atoms with Crippen molar-refractivity contribution in [3.63, 3.8) is 0 Å². The topological polar surface area (TPSA) is 55.4 Å². The summed E-state index contributed by atoms with van der Waals surface area (Å²) >= 11 is 0. The summed E-state index contributed by atoms with van der Waals surface area (Å²) in [4.78, 5) is 0. The standard InChI is InChI=1S/C36H50O6/c1-7-21-37-31-17-13-15-27(33(31)39-23-9-3)29-19-20-30(36(42-26-12-6)35(29)41-25-11-5)28-16-14-18-32(38-22-8-2)34(28)40-24-10-4/h13-20H,7-12,21-26H2,1-6H3. The second-order valence-corrected chi connectivity index (χ2v) is 10.2. The fourth-order valence-corrected chi connectivity index (χ4v) is 4.49.